The van der Waals surface area contributed by atoms with Crippen molar-refractivity contribution in [2.24, 2.45) is 0 Å². The average Bonchev–Trinajstić information content (AvgIpc) is 1.55. The van der Waals surface area contributed by atoms with Gasteiger partial charge >= 0.3 is 8.60 Å². The van der Waals surface area contributed by atoms with Gasteiger partial charge in [0.1, 0.15) is 0 Å². The Bertz CT molecular complexity index is 71.7. The monoisotopic (exact) mass is 138 g/mol. The maximum Gasteiger partial charge on any atom is 0.329 e. The normalized spacial score (nSPS) is 28.1. The van der Waals surface area contributed by atoms with Gasteiger partial charge in [0, 0.05) is 6.42 Å². The molecule has 1 saturated heterocycles. The summed E-state index contributed by atoms with van der Waals surface area (Å²) >= 11 is 0. The van der Waals surface area contributed by atoms with Gasteiger partial charge < -0.3 is 14.5 Å². The fourth-order valence-corrected chi connectivity index (χ4v) is 0.779. The van der Waals surface area contributed by atoms with E-state index in [0.717, 1.165) is 6.42 Å². The summed E-state index contributed by atoms with van der Waals surface area (Å²) in [5, 5.41) is 0. The van der Waals surface area contributed by atoms with Crippen molar-refractivity contribution in [3.05, 3.63) is 0 Å². The van der Waals surface area contributed by atoms with E-state index >= 15 is 0 Å². The largest absolute Gasteiger partial charge is 0.352 e. The van der Waals surface area contributed by atoms with E-state index in [2.05, 4.69) is 4.52 Å². The summed E-state index contributed by atoms with van der Waals surface area (Å²) in [6.45, 7) is 0.661. The SMILES string of the molecule is OP(O)OC1CCO1. The molecule has 5 heteroatoms. The van der Waals surface area contributed by atoms with Gasteiger partial charge in [-0.25, -0.2) is 0 Å². The van der Waals surface area contributed by atoms with Crippen molar-refractivity contribution in [1.82, 2.24) is 0 Å². The first-order valence-electron chi connectivity index (χ1n) is 2.25. The van der Waals surface area contributed by atoms with E-state index in [0.29, 0.717) is 6.61 Å². The Balaban J connectivity index is 2.01. The molecule has 1 aliphatic rings. The standard InChI is InChI=1S/C3H7O4P/c4-8(5)7-3-1-2-6-3/h3-5H,1-2H2. The van der Waals surface area contributed by atoms with Crippen LogP contribution >= 0.6 is 8.60 Å². The minimum atomic E-state index is -2.22. The quantitative estimate of drug-likeness (QED) is 0.525. The molecule has 1 atom stereocenters. The first kappa shape index (κ1) is 6.39. The van der Waals surface area contributed by atoms with Crippen molar-refractivity contribution in [3.63, 3.8) is 0 Å². The number of ether oxygens (including phenoxy) is 1. The molecule has 1 rings (SSSR count). The zero-order valence-corrected chi connectivity index (χ0v) is 5.04. The molecule has 48 valence electrons. The summed E-state index contributed by atoms with van der Waals surface area (Å²) in [4.78, 5) is 16.4. The number of hydrogen-bond acceptors (Lipinski definition) is 4. The van der Waals surface area contributed by atoms with Gasteiger partial charge in [-0.1, -0.05) is 0 Å². The molecular formula is C3H7O4P. The fourth-order valence-electron chi connectivity index (χ4n) is 0.402. The van der Waals surface area contributed by atoms with Crippen LogP contribution in [0, 0.1) is 0 Å². The van der Waals surface area contributed by atoms with Gasteiger partial charge in [-0.05, 0) is 0 Å². The summed E-state index contributed by atoms with van der Waals surface area (Å²) < 4.78 is 9.16. The average molecular weight is 138 g/mol. The molecule has 2 N–H and O–H groups in total. The van der Waals surface area contributed by atoms with Crippen LogP contribution in [-0.4, -0.2) is 22.7 Å². The smallest absolute Gasteiger partial charge is 0.329 e. The summed E-state index contributed by atoms with van der Waals surface area (Å²) in [6.07, 6.45) is 0.399. The minimum Gasteiger partial charge on any atom is -0.352 e. The van der Waals surface area contributed by atoms with Crippen molar-refractivity contribution in [1.29, 1.82) is 0 Å². The maximum atomic E-state index is 8.21. The predicted octanol–water partition coefficient (Wildman–Crippen LogP) is -0.0391. The van der Waals surface area contributed by atoms with Crippen molar-refractivity contribution < 1.29 is 19.0 Å². The van der Waals surface area contributed by atoms with Crippen LogP contribution in [-0.2, 0) is 9.26 Å². The third kappa shape index (κ3) is 1.65. The third-order valence-electron chi connectivity index (χ3n) is 0.869. The first-order valence-corrected chi connectivity index (χ1v) is 3.42. The molecule has 1 heterocycles. The predicted molar refractivity (Wildman–Crippen MR) is 26.8 cm³/mol. The topological polar surface area (TPSA) is 58.9 Å². The van der Waals surface area contributed by atoms with Crippen LogP contribution in [0.3, 0.4) is 0 Å². The molecule has 0 saturated carbocycles. The van der Waals surface area contributed by atoms with Gasteiger partial charge in [0.05, 0.1) is 6.61 Å². The summed E-state index contributed by atoms with van der Waals surface area (Å²) in [6, 6.07) is 0. The molecule has 8 heavy (non-hydrogen) atoms. The van der Waals surface area contributed by atoms with Crippen LogP contribution in [0.4, 0.5) is 0 Å². The second kappa shape index (κ2) is 2.71. The highest BCUT2D eigenvalue weighted by Crippen LogP contribution is 2.31. The molecule has 0 aliphatic carbocycles. The van der Waals surface area contributed by atoms with Gasteiger partial charge in [-0.15, -0.1) is 0 Å². The molecule has 0 aromatic carbocycles. The lowest BCUT2D eigenvalue weighted by atomic mass is 10.4. The molecule has 0 aromatic heterocycles. The highest BCUT2D eigenvalue weighted by molar-refractivity contribution is 7.39. The highest BCUT2D eigenvalue weighted by atomic mass is 31.2. The molecule has 0 amide bonds. The molecule has 4 nitrogen and oxygen atoms in total. The Labute approximate surface area is 48.0 Å². The Morgan fingerprint density at radius 3 is 2.38 bits per heavy atom. The van der Waals surface area contributed by atoms with E-state index in [1.54, 1.807) is 0 Å². The number of rotatable bonds is 2. The van der Waals surface area contributed by atoms with Crippen molar-refractivity contribution in [2.45, 2.75) is 12.7 Å². The summed E-state index contributed by atoms with van der Waals surface area (Å²) in [5.74, 6) is 0. The lowest BCUT2D eigenvalue weighted by Gasteiger charge is -2.25. The van der Waals surface area contributed by atoms with Crippen molar-refractivity contribution in [2.75, 3.05) is 6.61 Å². The Morgan fingerprint density at radius 1 is 1.62 bits per heavy atom. The van der Waals surface area contributed by atoms with Gasteiger partial charge in [0.25, 0.3) is 0 Å². The molecule has 1 aliphatic heterocycles. The van der Waals surface area contributed by atoms with Gasteiger partial charge in [-0.2, -0.15) is 0 Å². The summed E-state index contributed by atoms with van der Waals surface area (Å²) in [7, 11) is -2.22. The van der Waals surface area contributed by atoms with E-state index < -0.39 is 8.60 Å². The van der Waals surface area contributed by atoms with Gasteiger partial charge in [0.2, 0.25) is 0 Å². The number of hydrogen-bond donors (Lipinski definition) is 2. The zero-order chi connectivity index (χ0) is 5.98. The fraction of sp³-hybridized carbons (Fsp3) is 1.00. The Kier molecular flexibility index (Phi) is 2.16. The van der Waals surface area contributed by atoms with Crippen LogP contribution in [0.25, 0.3) is 0 Å². The maximum absolute atomic E-state index is 8.21. The molecule has 0 radical (unpaired) electrons. The lowest BCUT2D eigenvalue weighted by Crippen LogP contribution is -2.27. The van der Waals surface area contributed by atoms with Crippen LogP contribution < -0.4 is 0 Å². The third-order valence-corrected chi connectivity index (χ3v) is 1.29. The molecule has 0 bridgehead atoms. The van der Waals surface area contributed by atoms with Crippen molar-refractivity contribution >= 4 is 8.60 Å². The summed E-state index contributed by atoms with van der Waals surface area (Å²) in [5.41, 5.74) is 0. The van der Waals surface area contributed by atoms with Gasteiger partial charge in [-0.3, -0.25) is 4.52 Å². The lowest BCUT2D eigenvalue weighted by molar-refractivity contribution is -0.168. The van der Waals surface area contributed by atoms with Crippen LogP contribution in [0.2, 0.25) is 0 Å². The zero-order valence-electron chi connectivity index (χ0n) is 4.15. The molecule has 1 fully saturated rings. The van der Waals surface area contributed by atoms with E-state index in [1.165, 1.54) is 0 Å². The Morgan fingerprint density at radius 2 is 2.25 bits per heavy atom. The van der Waals surface area contributed by atoms with Crippen molar-refractivity contribution in [3.8, 4) is 0 Å². The van der Waals surface area contributed by atoms with Crippen LogP contribution in [0.5, 0.6) is 0 Å². The molecule has 1 unspecified atom stereocenters. The van der Waals surface area contributed by atoms with Crippen LogP contribution in [0.1, 0.15) is 6.42 Å². The van der Waals surface area contributed by atoms with E-state index in [1.807, 2.05) is 0 Å². The Hall–Kier alpha value is 0.270. The second-order valence-electron chi connectivity index (χ2n) is 1.45. The van der Waals surface area contributed by atoms with Gasteiger partial charge in [0.15, 0.2) is 6.29 Å². The molecule has 0 spiro atoms. The molecule has 0 aromatic rings. The van der Waals surface area contributed by atoms with E-state index in [4.69, 9.17) is 14.5 Å². The second-order valence-corrected chi connectivity index (χ2v) is 2.16. The highest BCUT2D eigenvalue weighted by Gasteiger charge is 2.21. The first-order chi connectivity index (χ1) is 3.79. The van der Waals surface area contributed by atoms with E-state index in [9.17, 15) is 0 Å². The minimum absolute atomic E-state index is 0.365. The van der Waals surface area contributed by atoms with E-state index in [-0.39, 0.29) is 6.29 Å². The van der Waals surface area contributed by atoms with Crippen LogP contribution in [0.15, 0.2) is 0 Å². The molecular weight excluding hydrogens is 131 g/mol.